The Bertz CT molecular complexity index is 1070. The van der Waals surface area contributed by atoms with Crippen molar-refractivity contribution in [3.8, 4) is 17.3 Å². The first kappa shape index (κ1) is 20.6. The average Bonchev–Trinajstić information content (AvgIpc) is 3.34. The third kappa shape index (κ3) is 4.14. The normalized spacial score (nSPS) is 18.5. The fourth-order valence-corrected chi connectivity index (χ4v) is 3.83. The molecule has 8 heteroatoms. The summed E-state index contributed by atoms with van der Waals surface area (Å²) >= 11 is 0. The maximum atomic E-state index is 13.5. The van der Waals surface area contributed by atoms with Gasteiger partial charge in [-0.1, -0.05) is 24.8 Å². The number of carbonyl (C=O) groups excluding carboxylic acids is 1. The van der Waals surface area contributed by atoms with Gasteiger partial charge in [-0.05, 0) is 38.0 Å². The molecule has 1 aromatic carbocycles. The molecule has 0 aliphatic carbocycles. The quantitative estimate of drug-likeness (QED) is 0.609. The number of piperidine rings is 1. The van der Waals surface area contributed by atoms with Crippen LogP contribution in [-0.2, 0) is 0 Å². The van der Waals surface area contributed by atoms with Crippen LogP contribution in [0.3, 0.4) is 0 Å². The minimum absolute atomic E-state index is 0.0729. The number of methoxy groups -OCH3 is 1. The van der Waals surface area contributed by atoms with Gasteiger partial charge >= 0.3 is 0 Å². The number of hydrogen-bond donors (Lipinski definition) is 0. The molecule has 0 saturated carbocycles. The summed E-state index contributed by atoms with van der Waals surface area (Å²) < 4.78 is 11.6. The lowest BCUT2D eigenvalue weighted by Gasteiger charge is -2.38. The highest BCUT2D eigenvalue weighted by atomic mass is 16.5. The lowest BCUT2D eigenvalue weighted by Crippen LogP contribution is -2.49. The third-order valence-corrected chi connectivity index (χ3v) is 5.48. The summed E-state index contributed by atoms with van der Waals surface area (Å²) in [6.45, 7) is 6.36. The van der Waals surface area contributed by atoms with Gasteiger partial charge < -0.3 is 14.4 Å². The molecule has 1 amide bonds. The van der Waals surface area contributed by atoms with Crippen molar-refractivity contribution in [2.24, 2.45) is 0 Å². The Kier molecular flexibility index (Phi) is 5.97. The van der Waals surface area contributed by atoms with Crippen LogP contribution >= 0.6 is 0 Å². The van der Waals surface area contributed by atoms with Crippen molar-refractivity contribution in [1.29, 1.82) is 0 Å². The molecular weight excluding hydrogens is 394 g/mol. The maximum Gasteiger partial charge on any atom is 0.256 e. The maximum absolute atomic E-state index is 13.5. The minimum Gasteiger partial charge on any atom is -0.496 e. The summed E-state index contributed by atoms with van der Waals surface area (Å²) in [4.78, 5) is 21.2. The van der Waals surface area contributed by atoms with Gasteiger partial charge in [0, 0.05) is 12.2 Å². The molecule has 1 saturated heterocycles. The molecule has 3 heterocycles. The Balaban J connectivity index is 1.57. The van der Waals surface area contributed by atoms with E-state index in [9.17, 15) is 4.79 Å². The van der Waals surface area contributed by atoms with Crippen molar-refractivity contribution in [2.45, 2.75) is 31.9 Å². The van der Waals surface area contributed by atoms with Crippen molar-refractivity contribution in [1.82, 2.24) is 24.9 Å². The fourth-order valence-electron chi connectivity index (χ4n) is 3.83. The Labute approximate surface area is 181 Å². The molecule has 31 heavy (non-hydrogen) atoms. The van der Waals surface area contributed by atoms with Crippen LogP contribution in [0.25, 0.3) is 11.8 Å². The van der Waals surface area contributed by atoms with Gasteiger partial charge in [0.15, 0.2) is 0 Å². The van der Waals surface area contributed by atoms with Crippen molar-refractivity contribution >= 4 is 12.0 Å². The van der Waals surface area contributed by atoms with Crippen molar-refractivity contribution in [3.63, 3.8) is 0 Å². The van der Waals surface area contributed by atoms with Gasteiger partial charge in [0.2, 0.25) is 5.88 Å². The summed E-state index contributed by atoms with van der Waals surface area (Å²) in [5, 5.41) is 8.36. The fraction of sp³-hybridized carbons (Fsp3) is 0.304. The molecule has 1 aliphatic rings. The smallest absolute Gasteiger partial charge is 0.256 e. The highest BCUT2D eigenvalue weighted by Crippen LogP contribution is 2.30. The first-order chi connectivity index (χ1) is 15.1. The number of pyridine rings is 1. The molecule has 8 nitrogen and oxygen atoms in total. The van der Waals surface area contributed by atoms with E-state index >= 15 is 0 Å². The summed E-state index contributed by atoms with van der Waals surface area (Å²) in [6, 6.07) is 9.21. The van der Waals surface area contributed by atoms with E-state index in [-0.39, 0.29) is 18.1 Å². The van der Waals surface area contributed by atoms with Crippen LogP contribution in [0.15, 0.2) is 55.5 Å². The molecular formula is C23H25N5O3. The molecule has 160 valence electrons. The Morgan fingerprint density at radius 3 is 2.68 bits per heavy atom. The van der Waals surface area contributed by atoms with E-state index in [2.05, 4.69) is 28.7 Å². The summed E-state index contributed by atoms with van der Waals surface area (Å²) in [5.74, 6) is 1.04. The van der Waals surface area contributed by atoms with E-state index in [0.29, 0.717) is 35.0 Å². The van der Waals surface area contributed by atoms with Crippen molar-refractivity contribution in [2.75, 3.05) is 13.7 Å². The van der Waals surface area contributed by atoms with E-state index in [1.165, 1.54) is 4.80 Å². The number of benzene rings is 1. The van der Waals surface area contributed by atoms with Crippen LogP contribution in [0.4, 0.5) is 0 Å². The first-order valence-electron chi connectivity index (χ1n) is 10.2. The van der Waals surface area contributed by atoms with Crippen LogP contribution in [0.5, 0.6) is 11.6 Å². The predicted octanol–water partition coefficient (Wildman–Crippen LogP) is 3.39. The molecule has 1 fully saturated rings. The molecule has 2 atom stereocenters. The number of amides is 1. The zero-order valence-electron chi connectivity index (χ0n) is 17.6. The van der Waals surface area contributed by atoms with Crippen LogP contribution < -0.4 is 9.47 Å². The number of hydrogen-bond acceptors (Lipinski definition) is 6. The lowest BCUT2D eigenvalue weighted by molar-refractivity contribution is 0.0371. The number of likely N-dealkylation sites (tertiary alicyclic amines) is 1. The summed E-state index contributed by atoms with van der Waals surface area (Å²) in [5.41, 5.74) is 1.91. The van der Waals surface area contributed by atoms with Gasteiger partial charge in [0.25, 0.3) is 5.91 Å². The van der Waals surface area contributed by atoms with Gasteiger partial charge in [-0.2, -0.15) is 15.0 Å². The number of rotatable bonds is 6. The largest absolute Gasteiger partial charge is 0.496 e. The zero-order valence-corrected chi connectivity index (χ0v) is 17.6. The minimum atomic E-state index is -0.187. The first-order valence-corrected chi connectivity index (χ1v) is 10.2. The number of ether oxygens (including phenoxy) is 2. The van der Waals surface area contributed by atoms with E-state index in [1.54, 1.807) is 43.9 Å². The average molecular weight is 419 g/mol. The van der Waals surface area contributed by atoms with Crippen LogP contribution in [0, 0.1) is 0 Å². The second kappa shape index (κ2) is 8.99. The number of para-hydroxylation sites is 1. The third-order valence-electron chi connectivity index (χ3n) is 5.48. The van der Waals surface area contributed by atoms with E-state index < -0.39 is 0 Å². The Morgan fingerprint density at radius 2 is 1.94 bits per heavy atom. The van der Waals surface area contributed by atoms with E-state index in [1.807, 2.05) is 23.1 Å². The number of nitrogens with zero attached hydrogens (tertiary/aromatic N) is 5. The SMILES string of the molecule is C=Cc1c(OC)ccnc1O[C@@H]1CC[C@@H](C)N(C(=O)c2ccccc2-n2nccn2)C1. The van der Waals surface area contributed by atoms with Gasteiger partial charge in [-0.3, -0.25) is 4.79 Å². The van der Waals surface area contributed by atoms with E-state index in [4.69, 9.17) is 9.47 Å². The topological polar surface area (TPSA) is 82.4 Å². The standard InChI is InChI=1S/C23H25N5O3/c1-4-18-21(30-3)11-12-24-22(18)31-17-10-9-16(2)27(15-17)23(29)19-7-5-6-8-20(19)28-25-13-14-26-28/h4-8,11-14,16-17H,1,9-10,15H2,2-3H3/t16-,17-/m1/s1. The molecule has 0 spiro atoms. The van der Waals surface area contributed by atoms with Crippen molar-refractivity contribution < 1.29 is 14.3 Å². The predicted molar refractivity (Wildman–Crippen MR) is 116 cm³/mol. The van der Waals surface area contributed by atoms with Crippen LogP contribution in [0.2, 0.25) is 0 Å². The van der Waals surface area contributed by atoms with Crippen molar-refractivity contribution in [3.05, 3.63) is 66.6 Å². The highest BCUT2D eigenvalue weighted by Gasteiger charge is 2.32. The monoisotopic (exact) mass is 419 g/mol. The summed E-state index contributed by atoms with van der Waals surface area (Å²) in [7, 11) is 1.60. The molecule has 2 aromatic heterocycles. The zero-order chi connectivity index (χ0) is 21.8. The Morgan fingerprint density at radius 1 is 1.16 bits per heavy atom. The van der Waals surface area contributed by atoms with Crippen LogP contribution in [0.1, 0.15) is 35.7 Å². The second-order valence-corrected chi connectivity index (χ2v) is 7.40. The molecule has 0 radical (unpaired) electrons. The van der Waals surface area contributed by atoms with E-state index in [0.717, 1.165) is 12.8 Å². The molecule has 1 aliphatic heterocycles. The molecule has 3 aromatic rings. The molecule has 0 bridgehead atoms. The van der Waals surface area contributed by atoms with Gasteiger partial charge in [-0.25, -0.2) is 4.98 Å². The highest BCUT2D eigenvalue weighted by molar-refractivity contribution is 5.98. The van der Waals surface area contributed by atoms with Crippen LogP contribution in [-0.4, -0.2) is 56.6 Å². The van der Waals surface area contributed by atoms with Gasteiger partial charge in [-0.15, -0.1) is 0 Å². The molecule has 4 rings (SSSR count). The molecule has 0 unspecified atom stereocenters. The van der Waals surface area contributed by atoms with Gasteiger partial charge in [0.05, 0.1) is 42.9 Å². The van der Waals surface area contributed by atoms with Gasteiger partial charge in [0.1, 0.15) is 11.9 Å². The summed E-state index contributed by atoms with van der Waals surface area (Å²) in [6.07, 6.45) is 7.95. The second-order valence-electron chi connectivity index (χ2n) is 7.40. The number of carbonyl (C=O) groups is 1. The Hall–Kier alpha value is -3.68. The molecule has 0 N–H and O–H groups in total. The number of aromatic nitrogens is 4. The lowest BCUT2D eigenvalue weighted by atomic mass is 9.99.